The van der Waals surface area contributed by atoms with Gasteiger partial charge in [-0.1, -0.05) is 45.0 Å². The molecule has 12 heteroatoms. The number of para-hydroxylation sites is 1. The lowest BCUT2D eigenvalue weighted by atomic mass is 9.95. The Hall–Kier alpha value is -4.84. The Labute approximate surface area is 264 Å². The molecule has 1 fully saturated rings. The van der Waals surface area contributed by atoms with E-state index in [1.807, 2.05) is 18.2 Å². The van der Waals surface area contributed by atoms with Crippen LogP contribution in [0.4, 0.5) is 5.95 Å². The molecule has 2 aliphatic heterocycles. The van der Waals surface area contributed by atoms with E-state index in [0.717, 1.165) is 49.6 Å². The van der Waals surface area contributed by atoms with Crippen molar-refractivity contribution in [2.75, 3.05) is 31.6 Å². The molecule has 240 valence electrons. The van der Waals surface area contributed by atoms with Crippen molar-refractivity contribution in [2.24, 2.45) is 17.6 Å². The maximum atomic E-state index is 10.2. The van der Waals surface area contributed by atoms with Crippen molar-refractivity contribution < 1.29 is 19.5 Å². The summed E-state index contributed by atoms with van der Waals surface area (Å²) in [5, 5.41) is 38.7. The van der Waals surface area contributed by atoms with Crippen LogP contribution in [0.15, 0.2) is 70.7 Å². The molecule has 2 unspecified atom stereocenters. The molecule has 4 heterocycles. The van der Waals surface area contributed by atoms with Crippen LogP contribution in [0.5, 0.6) is 5.75 Å². The molecule has 5 rings (SSSR count). The molecule has 6 N–H and O–H groups in total. The fourth-order valence-corrected chi connectivity index (χ4v) is 5.25. The molecule has 2 aliphatic rings. The largest absolute Gasteiger partial charge is 0.507 e. The Morgan fingerprint density at radius 3 is 2.58 bits per heavy atom. The van der Waals surface area contributed by atoms with Gasteiger partial charge in [0.15, 0.2) is 0 Å². The van der Waals surface area contributed by atoms with Gasteiger partial charge in [-0.15, -0.1) is 0 Å². The number of nitrogens with one attached hydrogen (secondary N) is 2. The smallest absolute Gasteiger partial charge is 0.290 e. The molecule has 0 amide bonds. The van der Waals surface area contributed by atoms with Gasteiger partial charge in [0.05, 0.1) is 22.8 Å². The summed E-state index contributed by atoms with van der Waals surface area (Å²) < 4.78 is 5.62. The quantitative estimate of drug-likeness (QED) is 0.156. The summed E-state index contributed by atoms with van der Waals surface area (Å²) in [6.45, 7) is 10.6. The molecule has 2 aromatic heterocycles. The first-order valence-corrected chi connectivity index (χ1v) is 15.1. The van der Waals surface area contributed by atoms with Crippen LogP contribution in [0.25, 0.3) is 11.4 Å². The molecule has 45 heavy (non-hydrogen) atoms. The second kappa shape index (κ2) is 16.3. The number of hydrogen-bond donors (Lipinski definition) is 5. The predicted molar refractivity (Wildman–Crippen MR) is 176 cm³/mol. The minimum absolute atomic E-state index is 0.0639. The Morgan fingerprint density at radius 1 is 1.20 bits per heavy atom. The number of carbonyl (C=O) groups is 1. The average molecular weight is 617 g/mol. The van der Waals surface area contributed by atoms with E-state index in [9.17, 15) is 5.11 Å². The van der Waals surface area contributed by atoms with Crippen LogP contribution in [0.1, 0.15) is 57.8 Å². The number of aromatic nitrogens is 3. The van der Waals surface area contributed by atoms with Crippen molar-refractivity contribution >= 4 is 23.8 Å². The lowest BCUT2D eigenvalue weighted by Gasteiger charge is -2.27. The number of phenolic OH excluding ortho intramolecular Hbond substituents is 1. The zero-order valence-corrected chi connectivity index (χ0v) is 26.6. The van der Waals surface area contributed by atoms with E-state index in [1.165, 1.54) is 7.05 Å². The van der Waals surface area contributed by atoms with Crippen molar-refractivity contribution in [3.8, 4) is 17.1 Å². The van der Waals surface area contributed by atoms with E-state index in [1.54, 1.807) is 36.5 Å². The van der Waals surface area contributed by atoms with Crippen molar-refractivity contribution in [1.82, 2.24) is 20.0 Å². The van der Waals surface area contributed by atoms with Gasteiger partial charge in [0, 0.05) is 55.0 Å². The van der Waals surface area contributed by atoms with Crippen LogP contribution < -0.4 is 10.6 Å². The first-order valence-electron chi connectivity index (χ1n) is 15.1. The van der Waals surface area contributed by atoms with Gasteiger partial charge in [-0.2, -0.15) is 0 Å². The summed E-state index contributed by atoms with van der Waals surface area (Å²) in [4.78, 5) is 22.1. The third-order valence-electron chi connectivity index (χ3n) is 7.86. The van der Waals surface area contributed by atoms with E-state index >= 15 is 0 Å². The van der Waals surface area contributed by atoms with Gasteiger partial charge in [0.25, 0.3) is 6.47 Å². The second-order valence-electron chi connectivity index (χ2n) is 11.0. The molecule has 1 aromatic carbocycles. The highest BCUT2D eigenvalue weighted by molar-refractivity contribution is 6.16. The Kier molecular flexibility index (Phi) is 12.5. The number of nitrogens with zero attached hydrogens (tertiary/aromatic N) is 5. The maximum Gasteiger partial charge on any atom is 0.290 e. The van der Waals surface area contributed by atoms with Crippen molar-refractivity contribution in [3.05, 3.63) is 77.5 Å². The SMILES string of the molecule is CCCN1C(C2CCN(c3nccc(-c4cc(C(C)C(C)C)on4)n3)C2)=CC(=N)/C1=C\C(=N)c1ccccc1O.CN.O=CO. The number of nitrogens with two attached hydrogens (primary N) is 1. The summed E-state index contributed by atoms with van der Waals surface area (Å²) in [6.07, 6.45) is 7.21. The summed E-state index contributed by atoms with van der Waals surface area (Å²) in [5.74, 6) is 2.51. The molecule has 0 bridgehead atoms. The van der Waals surface area contributed by atoms with Crippen molar-refractivity contribution in [1.29, 1.82) is 10.8 Å². The minimum Gasteiger partial charge on any atom is -0.507 e. The average Bonchev–Trinajstić information content (AvgIpc) is 3.79. The topological polar surface area (TPSA) is 190 Å². The number of rotatable bonds is 9. The molecule has 12 nitrogen and oxygen atoms in total. The number of allylic oxidation sites excluding steroid dienone is 2. The van der Waals surface area contributed by atoms with Gasteiger partial charge in [0.1, 0.15) is 17.2 Å². The third kappa shape index (κ3) is 8.21. The number of aromatic hydroxyl groups is 1. The van der Waals surface area contributed by atoms with Crippen molar-refractivity contribution in [2.45, 2.75) is 46.5 Å². The van der Waals surface area contributed by atoms with E-state index in [0.29, 0.717) is 34.5 Å². The molecule has 0 aliphatic carbocycles. The van der Waals surface area contributed by atoms with E-state index < -0.39 is 0 Å². The monoisotopic (exact) mass is 616 g/mol. The number of hydrogen-bond acceptors (Lipinski definition) is 11. The van der Waals surface area contributed by atoms with Gasteiger partial charge in [-0.05, 0) is 56.2 Å². The second-order valence-corrected chi connectivity index (χ2v) is 11.0. The van der Waals surface area contributed by atoms with Gasteiger partial charge >= 0.3 is 0 Å². The number of phenols is 1. The molecular weight excluding hydrogens is 572 g/mol. The number of benzene rings is 1. The highest BCUT2D eigenvalue weighted by Gasteiger charge is 2.35. The van der Waals surface area contributed by atoms with Crippen LogP contribution >= 0.6 is 0 Å². The molecule has 0 radical (unpaired) electrons. The number of carboxylic acid groups (broad SMARTS) is 1. The lowest BCUT2D eigenvalue weighted by molar-refractivity contribution is -0.122. The van der Waals surface area contributed by atoms with E-state index in [4.69, 9.17) is 30.2 Å². The van der Waals surface area contributed by atoms with Crippen molar-refractivity contribution in [3.63, 3.8) is 0 Å². The molecular formula is C33H44N8O4. The Bertz CT molecular complexity index is 1530. The number of anilines is 1. The van der Waals surface area contributed by atoms with Crippen LogP contribution in [0.3, 0.4) is 0 Å². The third-order valence-corrected chi connectivity index (χ3v) is 7.86. The van der Waals surface area contributed by atoms with Crippen LogP contribution in [0.2, 0.25) is 0 Å². The summed E-state index contributed by atoms with van der Waals surface area (Å²) >= 11 is 0. The fourth-order valence-electron chi connectivity index (χ4n) is 5.25. The first-order chi connectivity index (χ1) is 21.7. The van der Waals surface area contributed by atoms with E-state index in [2.05, 4.69) is 53.4 Å². The standard InChI is InChI=1S/C31H37N7O2.CH5N.CH2O2/c1-5-13-38-27(16-24(33)28(38)15-23(32)22-8-6-7-9-29(22)39)21-11-14-37(18-21)31-34-12-10-25(35-31)26-17-30(40-36-26)20(4)19(2)3;1-2;2-1-3/h6-10,12,15-17,19-21,32-33,39H,5,11,13-14,18H2,1-4H3;2H2,1H3;1H,(H,2,3)/b28-15+,32-23?,33-24?;;. The molecule has 1 saturated heterocycles. The lowest BCUT2D eigenvalue weighted by Crippen LogP contribution is -2.28. The minimum atomic E-state index is -0.250. The summed E-state index contributed by atoms with van der Waals surface area (Å²) in [7, 11) is 1.50. The summed E-state index contributed by atoms with van der Waals surface area (Å²) in [5.41, 5.74) is 8.76. The normalized spacial score (nSPS) is 17.4. The Morgan fingerprint density at radius 2 is 1.91 bits per heavy atom. The predicted octanol–water partition coefficient (Wildman–Crippen LogP) is 5.28. The maximum absolute atomic E-state index is 10.2. The highest BCUT2D eigenvalue weighted by atomic mass is 16.5. The summed E-state index contributed by atoms with van der Waals surface area (Å²) in [6, 6.07) is 10.7. The Balaban J connectivity index is 0.00000104. The molecule has 2 atom stereocenters. The van der Waals surface area contributed by atoms with Gasteiger partial charge < -0.3 is 35.7 Å². The first kappa shape index (κ1) is 34.6. The molecule has 0 saturated carbocycles. The van der Waals surface area contributed by atoms with E-state index in [-0.39, 0.29) is 29.8 Å². The van der Waals surface area contributed by atoms with Crippen LogP contribution in [-0.4, -0.2) is 74.8 Å². The van der Waals surface area contributed by atoms with Gasteiger partial charge in [-0.25, -0.2) is 9.97 Å². The fraction of sp³-hybridized carbons (Fsp3) is 0.394. The van der Waals surface area contributed by atoms with Crippen LogP contribution in [0, 0.1) is 22.7 Å². The van der Waals surface area contributed by atoms with Gasteiger partial charge in [-0.3, -0.25) is 10.2 Å². The van der Waals surface area contributed by atoms with Crippen LogP contribution in [-0.2, 0) is 4.79 Å². The zero-order valence-electron chi connectivity index (χ0n) is 26.6. The molecule has 0 spiro atoms. The molecule has 3 aromatic rings. The highest BCUT2D eigenvalue weighted by Crippen LogP contribution is 2.36. The van der Waals surface area contributed by atoms with Gasteiger partial charge in [0.2, 0.25) is 5.95 Å². The zero-order chi connectivity index (χ0) is 33.1.